The molecule has 1 atom stereocenters. The van der Waals surface area contributed by atoms with Crippen LogP contribution in [0.15, 0.2) is 18.2 Å². The van der Waals surface area contributed by atoms with Gasteiger partial charge in [-0.2, -0.15) is 0 Å². The highest BCUT2D eigenvalue weighted by atomic mass is 16.4. The van der Waals surface area contributed by atoms with Crippen molar-refractivity contribution in [3.63, 3.8) is 0 Å². The van der Waals surface area contributed by atoms with Crippen LogP contribution in [0.5, 0.6) is 5.75 Å². The Labute approximate surface area is 125 Å². The summed E-state index contributed by atoms with van der Waals surface area (Å²) >= 11 is 0. The van der Waals surface area contributed by atoms with Crippen LogP contribution >= 0.6 is 0 Å². The second kappa shape index (κ2) is 8.29. The lowest BCUT2D eigenvalue weighted by Crippen LogP contribution is -2.26. The first kappa shape index (κ1) is 17.0. The molecule has 0 heterocycles. The Balaban J connectivity index is 2.45. The second-order valence-corrected chi connectivity index (χ2v) is 5.27. The van der Waals surface area contributed by atoms with Gasteiger partial charge in [-0.3, -0.25) is 9.59 Å². The minimum atomic E-state index is -0.790. The highest BCUT2D eigenvalue weighted by Crippen LogP contribution is 2.18. The fraction of sp³-hybridized carbons (Fsp3) is 0.500. The lowest BCUT2D eigenvalue weighted by atomic mass is 9.96. The van der Waals surface area contributed by atoms with E-state index < -0.39 is 5.97 Å². The van der Waals surface area contributed by atoms with Gasteiger partial charge in [0.05, 0.1) is 5.56 Å². The molecule has 1 rings (SSSR count). The average Bonchev–Trinajstić information content (AvgIpc) is 2.44. The summed E-state index contributed by atoms with van der Waals surface area (Å²) in [4.78, 5) is 22.5. The second-order valence-electron chi connectivity index (χ2n) is 5.27. The van der Waals surface area contributed by atoms with Crippen LogP contribution < -0.4 is 5.32 Å². The molecule has 1 amide bonds. The van der Waals surface area contributed by atoms with E-state index in [1.165, 1.54) is 6.07 Å². The predicted octanol–water partition coefficient (Wildman–Crippen LogP) is 2.71. The minimum Gasteiger partial charge on any atom is -0.507 e. The third kappa shape index (κ3) is 5.85. The Kier molecular flexibility index (Phi) is 6.72. The molecule has 3 N–H and O–H groups in total. The van der Waals surface area contributed by atoms with Crippen molar-refractivity contribution in [1.29, 1.82) is 0 Å². The molecule has 0 aromatic heterocycles. The van der Waals surface area contributed by atoms with Crippen LogP contribution in [0.4, 0.5) is 0 Å². The van der Waals surface area contributed by atoms with Crippen LogP contribution in [0.2, 0.25) is 0 Å². The van der Waals surface area contributed by atoms with E-state index in [0.29, 0.717) is 13.0 Å². The van der Waals surface area contributed by atoms with Gasteiger partial charge in [0.1, 0.15) is 5.75 Å². The van der Waals surface area contributed by atoms with Crippen LogP contribution in [0.1, 0.15) is 48.5 Å². The molecular formula is C16H23NO4. The van der Waals surface area contributed by atoms with E-state index in [-0.39, 0.29) is 29.6 Å². The van der Waals surface area contributed by atoms with Gasteiger partial charge in [-0.15, -0.1) is 0 Å². The van der Waals surface area contributed by atoms with Gasteiger partial charge < -0.3 is 15.5 Å². The number of benzene rings is 1. The standard InChI is InChI=1S/C16H23NO4/c1-3-12(5-7-15(19)20)8-9-17-16(21)13-10-11(2)4-6-14(13)18/h4,6,10,12,18H,3,5,7-9H2,1-2H3,(H,17,21)(H,19,20). The van der Waals surface area contributed by atoms with Crippen LogP contribution in [-0.4, -0.2) is 28.6 Å². The normalized spacial score (nSPS) is 11.9. The highest BCUT2D eigenvalue weighted by Gasteiger charge is 2.13. The number of aliphatic carboxylic acids is 1. The molecule has 0 aliphatic heterocycles. The number of nitrogens with one attached hydrogen (secondary N) is 1. The molecule has 0 fully saturated rings. The number of carbonyl (C=O) groups excluding carboxylic acids is 1. The number of aryl methyl sites for hydroxylation is 1. The van der Waals surface area contributed by atoms with E-state index in [4.69, 9.17) is 5.11 Å². The van der Waals surface area contributed by atoms with E-state index >= 15 is 0 Å². The topological polar surface area (TPSA) is 86.6 Å². The Bertz CT molecular complexity index is 499. The van der Waals surface area contributed by atoms with Gasteiger partial charge in [0.15, 0.2) is 0 Å². The summed E-state index contributed by atoms with van der Waals surface area (Å²) in [6.45, 7) is 4.35. The van der Waals surface area contributed by atoms with Gasteiger partial charge in [0.25, 0.3) is 5.91 Å². The molecule has 0 bridgehead atoms. The number of hydrogen-bond acceptors (Lipinski definition) is 3. The SMILES string of the molecule is CCC(CCNC(=O)c1cc(C)ccc1O)CCC(=O)O. The van der Waals surface area contributed by atoms with Crippen LogP contribution in [0.25, 0.3) is 0 Å². The largest absolute Gasteiger partial charge is 0.507 e. The Hall–Kier alpha value is -2.04. The van der Waals surface area contributed by atoms with Gasteiger partial charge >= 0.3 is 5.97 Å². The highest BCUT2D eigenvalue weighted by molar-refractivity contribution is 5.96. The lowest BCUT2D eigenvalue weighted by Gasteiger charge is -2.14. The number of carboxylic acids is 1. The van der Waals surface area contributed by atoms with Crippen molar-refractivity contribution in [2.24, 2.45) is 5.92 Å². The van der Waals surface area contributed by atoms with Crippen LogP contribution in [-0.2, 0) is 4.79 Å². The summed E-state index contributed by atoms with van der Waals surface area (Å²) in [6, 6.07) is 4.89. The molecule has 0 aliphatic carbocycles. The zero-order valence-electron chi connectivity index (χ0n) is 12.6. The maximum Gasteiger partial charge on any atom is 0.303 e. The summed E-state index contributed by atoms with van der Waals surface area (Å²) in [6.07, 6.45) is 2.41. The number of hydrogen-bond donors (Lipinski definition) is 3. The zero-order chi connectivity index (χ0) is 15.8. The third-order valence-electron chi connectivity index (χ3n) is 3.58. The van der Waals surface area contributed by atoms with Gasteiger partial charge in [-0.1, -0.05) is 25.0 Å². The minimum absolute atomic E-state index is 0.0315. The first-order valence-corrected chi connectivity index (χ1v) is 7.23. The van der Waals surface area contributed by atoms with Crippen molar-refractivity contribution in [3.05, 3.63) is 29.3 Å². The Morgan fingerprint density at radius 1 is 1.29 bits per heavy atom. The average molecular weight is 293 g/mol. The van der Waals surface area contributed by atoms with Gasteiger partial charge in [0, 0.05) is 13.0 Å². The summed E-state index contributed by atoms with van der Waals surface area (Å²) in [5.74, 6) is -0.838. The molecule has 1 unspecified atom stereocenters. The number of aromatic hydroxyl groups is 1. The summed E-state index contributed by atoms with van der Waals surface area (Å²) < 4.78 is 0. The quantitative estimate of drug-likeness (QED) is 0.688. The summed E-state index contributed by atoms with van der Waals surface area (Å²) in [5.41, 5.74) is 1.18. The van der Waals surface area contributed by atoms with Gasteiger partial charge in [-0.05, 0) is 37.8 Å². The summed E-state index contributed by atoms with van der Waals surface area (Å²) in [5, 5.41) is 21.1. The molecule has 0 aliphatic rings. The van der Waals surface area contributed by atoms with Crippen molar-refractivity contribution in [1.82, 2.24) is 5.32 Å². The monoisotopic (exact) mass is 293 g/mol. The predicted molar refractivity (Wildman–Crippen MR) is 80.4 cm³/mol. The molecule has 0 saturated heterocycles. The van der Waals surface area contributed by atoms with E-state index in [9.17, 15) is 14.7 Å². The number of phenolic OH excluding ortho intramolecular Hbond substituents is 1. The lowest BCUT2D eigenvalue weighted by molar-refractivity contribution is -0.137. The van der Waals surface area contributed by atoms with E-state index in [2.05, 4.69) is 5.32 Å². The molecular weight excluding hydrogens is 270 g/mol. The molecule has 21 heavy (non-hydrogen) atoms. The molecule has 0 radical (unpaired) electrons. The van der Waals surface area contributed by atoms with Crippen molar-refractivity contribution in [2.45, 2.75) is 39.5 Å². The van der Waals surface area contributed by atoms with Crippen molar-refractivity contribution < 1.29 is 19.8 Å². The van der Waals surface area contributed by atoms with Crippen LogP contribution in [0, 0.1) is 12.8 Å². The number of phenols is 1. The first-order valence-electron chi connectivity index (χ1n) is 7.23. The number of carbonyl (C=O) groups is 2. The molecule has 5 nitrogen and oxygen atoms in total. The van der Waals surface area contributed by atoms with Crippen molar-refractivity contribution in [3.8, 4) is 5.75 Å². The summed E-state index contributed by atoms with van der Waals surface area (Å²) in [7, 11) is 0. The number of carboxylic acid groups (broad SMARTS) is 1. The number of amides is 1. The first-order chi connectivity index (χ1) is 9.93. The number of rotatable bonds is 8. The Morgan fingerprint density at radius 2 is 2.00 bits per heavy atom. The molecule has 116 valence electrons. The molecule has 0 saturated carbocycles. The van der Waals surface area contributed by atoms with Crippen molar-refractivity contribution in [2.75, 3.05) is 6.54 Å². The third-order valence-corrected chi connectivity index (χ3v) is 3.58. The zero-order valence-corrected chi connectivity index (χ0v) is 12.6. The molecule has 5 heteroatoms. The van der Waals surface area contributed by atoms with Gasteiger partial charge in [0.2, 0.25) is 0 Å². The fourth-order valence-electron chi connectivity index (χ4n) is 2.20. The fourth-order valence-corrected chi connectivity index (χ4v) is 2.20. The maximum atomic E-state index is 12.0. The molecule has 1 aromatic carbocycles. The smallest absolute Gasteiger partial charge is 0.303 e. The molecule has 1 aromatic rings. The molecule has 0 spiro atoms. The van der Waals surface area contributed by atoms with Gasteiger partial charge in [-0.25, -0.2) is 0 Å². The van der Waals surface area contributed by atoms with Crippen molar-refractivity contribution >= 4 is 11.9 Å². The van der Waals surface area contributed by atoms with E-state index in [0.717, 1.165) is 18.4 Å². The Morgan fingerprint density at radius 3 is 2.62 bits per heavy atom. The van der Waals surface area contributed by atoms with E-state index in [1.807, 2.05) is 13.8 Å². The van der Waals surface area contributed by atoms with Crippen LogP contribution in [0.3, 0.4) is 0 Å². The maximum absolute atomic E-state index is 12.0. The van der Waals surface area contributed by atoms with E-state index in [1.54, 1.807) is 12.1 Å².